The van der Waals surface area contributed by atoms with E-state index in [1.165, 1.54) is 16.8 Å². The van der Waals surface area contributed by atoms with Crippen molar-refractivity contribution < 1.29 is 22.3 Å². The van der Waals surface area contributed by atoms with E-state index in [2.05, 4.69) is 20.1 Å². The molecule has 32 heavy (non-hydrogen) atoms. The SMILES string of the molecule is CCOC(=O)c1cnc2c(S(=O)(=O)NC(C)(C)C)cnn2c1Nc1cc(C)c(F)cc1Cl. The zero-order valence-electron chi connectivity index (χ0n) is 18.2. The number of benzene rings is 1. The number of fused-ring (bicyclic) bond motifs is 1. The summed E-state index contributed by atoms with van der Waals surface area (Å²) in [6.45, 7) is 8.42. The van der Waals surface area contributed by atoms with E-state index in [0.29, 0.717) is 5.56 Å². The first-order chi connectivity index (χ1) is 14.8. The minimum atomic E-state index is -3.97. The number of aryl methyl sites for hydroxylation is 1. The lowest BCUT2D eigenvalue weighted by Crippen LogP contribution is -2.40. The van der Waals surface area contributed by atoms with E-state index >= 15 is 0 Å². The van der Waals surface area contributed by atoms with Gasteiger partial charge in [0.2, 0.25) is 10.0 Å². The van der Waals surface area contributed by atoms with Crippen LogP contribution in [0, 0.1) is 12.7 Å². The van der Waals surface area contributed by atoms with E-state index in [-0.39, 0.29) is 39.2 Å². The molecule has 2 heterocycles. The topological polar surface area (TPSA) is 115 Å². The third-order valence-electron chi connectivity index (χ3n) is 4.22. The molecule has 2 N–H and O–H groups in total. The molecular formula is C20H23ClFN5O4S. The number of hydrogen-bond donors (Lipinski definition) is 2. The van der Waals surface area contributed by atoms with Gasteiger partial charge in [0, 0.05) is 11.7 Å². The van der Waals surface area contributed by atoms with Gasteiger partial charge in [-0.3, -0.25) is 0 Å². The van der Waals surface area contributed by atoms with Crippen LogP contribution in [0.25, 0.3) is 5.65 Å². The Morgan fingerprint density at radius 1 is 1.28 bits per heavy atom. The van der Waals surface area contributed by atoms with Crippen LogP contribution in [-0.2, 0) is 14.8 Å². The molecule has 0 atom stereocenters. The van der Waals surface area contributed by atoms with Crippen LogP contribution in [-0.4, -0.2) is 41.1 Å². The average molecular weight is 484 g/mol. The largest absolute Gasteiger partial charge is 0.462 e. The van der Waals surface area contributed by atoms with Crippen molar-refractivity contribution in [2.75, 3.05) is 11.9 Å². The number of ether oxygens (including phenoxy) is 1. The predicted molar refractivity (Wildman–Crippen MR) is 118 cm³/mol. The first-order valence-corrected chi connectivity index (χ1v) is 11.5. The summed E-state index contributed by atoms with van der Waals surface area (Å²) >= 11 is 6.18. The minimum absolute atomic E-state index is 0.00627. The van der Waals surface area contributed by atoms with Gasteiger partial charge in [0.1, 0.15) is 16.3 Å². The second-order valence-corrected chi connectivity index (χ2v) is 10.1. The highest BCUT2D eigenvalue weighted by molar-refractivity contribution is 7.89. The van der Waals surface area contributed by atoms with Crippen LogP contribution in [0.1, 0.15) is 43.6 Å². The molecule has 3 aromatic rings. The molecule has 0 aliphatic carbocycles. The number of hydrogen-bond acceptors (Lipinski definition) is 7. The Bertz CT molecular complexity index is 1300. The molecule has 0 saturated heterocycles. The van der Waals surface area contributed by atoms with Crippen LogP contribution in [0.5, 0.6) is 0 Å². The number of halogens is 2. The van der Waals surface area contributed by atoms with E-state index in [9.17, 15) is 17.6 Å². The Kier molecular flexibility index (Phi) is 6.45. The Morgan fingerprint density at radius 3 is 2.59 bits per heavy atom. The fraction of sp³-hybridized carbons (Fsp3) is 0.350. The Balaban J connectivity index is 2.22. The van der Waals surface area contributed by atoms with Crippen LogP contribution in [0.4, 0.5) is 15.9 Å². The van der Waals surface area contributed by atoms with Gasteiger partial charge in [0.15, 0.2) is 11.5 Å². The summed E-state index contributed by atoms with van der Waals surface area (Å²) in [6.07, 6.45) is 2.33. The van der Waals surface area contributed by atoms with Crippen LogP contribution in [0.15, 0.2) is 29.4 Å². The number of nitrogens with zero attached hydrogens (tertiary/aromatic N) is 3. The number of carbonyl (C=O) groups excluding carboxylic acids is 1. The molecule has 0 unspecified atom stereocenters. The zero-order chi connectivity index (χ0) is 23.8. The fourth-order valence-corrected chi connectivity index (χ4v) is 4.60. The first kappa shape index (κ1) is 23.9. The molecule has 0 fully saturated rings. The number of anilines is 2. The molecule has 0 aliphatic rings. The molecule has 0 radical (unpaired) electrons. The molecule has 0 spiro atoms. The van der Waals surface area contributed by atoms with Crippen LogP contribution in [0.3, 0.4) is 0 Å². The van der Waals surface area contributed by atoms with Gasteiger partial charge >= 0.3 is 5.97 Å². The van der Waals surface area contributed by atoms with Crippen molar-refractivity contribution in [3.05, 3.63) is 46.5 Å². The van der Waals surface area contributed by atoms with Crippen molar-refractivity contribution in [3.8, 4) is 0 Å². The lowest BCUT2D eigenvalue weighted by atomic mass is 10.1. The summed E-state index contributed by atoms with van der Waals surface area (Å²) in [7, 11) is -3.97. The van der Waals surface area contributed by atoms with E-state index in [1.54, 1.807) is 34.6 Å². The van der Waals surface area contributed by atoms with Crippen molar-refractivity contribution in [1.82, 2.24) is 19.3 Å². The molecule has 12 heteroatoms. The first-order valence-electron chi connectivity index (χ1n) is 9.64. The van der Waals surface area contributed by atoms with Gasteiger partial charge < -0.3 is 10.1 Å². The number of sulfonamides is 1. The van der Waals surface area contributed by atoms with E-state index in [1.807, 2.05) is 0 Å². The smallest absolute Gasteiger partial charge is 0.343 e. The third-order valence-corrected chi connectivity index (χ3v) is 6.28. The third kappa shape index (κ3) is 4.84. The van der Waals surface area contributed by atoms with E-state index in [4.69, 9.17) is 16.3 Å². The number of rotatable bonds is 6. The van der Waals surface area contributed by atoms with E-state index in [0.717, 1.165) is 12.3 Å². The van der Waals surface area contributed by atoms with Gasteiger partial charge in [-0.15, -0.1) is 0 Å². The maximum Gasteiger partial charge on any atom is 0.343 e. The number of esters is 1. The summed E-state index contributed by atoms with van der Waals surface area (Å²) in [4.78, 5) is 16.5. The molecule has 9 nitrogen and oxygen atoms in total. The lowest BCUT2D eigenvalue weighted by Gasteiger charge is -2.19. The van der Waals surface area contributed by atoms with Gasteiger partial charge in [0.05, 0.1) is 23.5 Å². The zero-order valence-corrected chi connectivity index (χ0v) is 19.7. The highest BCUT2D eigenvalue weighted by atomic mass is 35.5. The Morgan fingerprint density at radius 2 is 1.97 bits per heavy atom. The van der Waals surface area contributed by atoms with Crippen molar-refractivity contribution in [3.63, 3.8) is 0 Å². The second kappa shape index (κ2) is 8.64. The van der Waals surface area contributed by atoms with Gasteiger partial charge in [-0.05, 0) is 52.3 Å². The molecule has 3 rings (SSSR count). The lowest BCUT2D eigenvalue weighted by molar-refractivity contribution is 0.0526. The van der Waals surface area contributed by atoms with Crippen LogP contribution >= 0.6 is 11.6 Å². The van der Waals surface area contributed by atoms with Crippen molar-refractivity contribution in [1.29, 1.82) is 0 Å². The average Bonchev–Trinajstić information content (AvgIpc) is 3.10. The standard InChI is InChI=1S/C20H23ClFN5O4S/c1-6-31-19(28)12-9-23-18-16(32(29,30)26-20(3,4)5)10-24-27(18)17(12)25-15-7-11(2)14(22)8-13(15)21/h7-10,25-26H,6H2,1-5H3. The molecule has 172 valence electrons. The minimum Gasteiger partial charge on any atom is -0.462 e. The molecular weight excluding hydrogens is 461 g/mol. The highest BCUT2D eigenvalue weighted by Gasteiger charge is 2.28. The summed E-state index contributed by atoms with van der Waals surface area (Å²) < 4.78 is 48.4. The number of nitrogens with one attached hydrogen (secondary N) is 2. The van der Waals surface area contributed by atoms with Crippen LogP contribution < -0.4 is 10.0 Å². The van der Waals surface area contributed by atoms with Crippen molar-refractivity contribution in [2.24, 2.45) is 0 Å². The summed E-state index contributed by atoms with van der Waals surface area (Å²) in [5, 5.41) is 7.14. The van der Waals surface area contributed by atoms with Crippen molar-refractivity contribution >= 4 is 44.7 Å². The summed E-state index contributed by atoms with van der Waals surface area (Å²) in [6, 6.07) is 2.59. The monoisotopic (exact) mass is 483 g/mol. The highest BCUT2D eigenvalue weighted by Crippen LogP contribution is 2.31. The van der Waals surface area contributed by atoms with Gasteiger partial charge in [0.25, 0.3) is 0 Å². The molecule has 1 aromatic carbocycles. The molecule has 0 saturated carbocycles. The van der Waals surface area contributed by atoms with Crippen molar-refractivity contribution in [2.45, 2.75) is 45.1 Å². The number of aromatic nitrogens is 3. The fourth-order valence-electron chi connectivity index (χ4n) is 2.92. The quantitative estimate of drug-likeness (QED) is 0.512. The maximum absolute atomic E-state index is 13.8. The van der Waals surface area contributed by atoms with Gasteiger partial charge in [-0.1, -0.05) is 11.6 Å². The second-order valence-electron chi connectivity index (χ2n) is 8.05. The van der Waals surface area contributed by atoms with Crippen LogP contribution in [0.2, 0.25) is 5.02 Å². The Hall–Kier alpha value is -2.76. The Labute approximate surface area is 190 Å². The summed E-state index contributed by atoms with van der Waals surface area (Å²) in [5.74, 6) is -1.13. The molecule has 0 amide bonds. The normalized spacial score (nSPS) is 12.2. The van der Waals surface area contributed by atoms with E-state index < -0.39 is 27.3 Å². The molecule has 0 bridgehead atoms. The van der Waals surface area contributed by atoms with Gasteiger partial charge in [-0.2, -0.15) is 9.61 Å². The maximum atomic E-state index is 13.8. The molecule has 0 aliphatic heterocycles. The molecule has 2 aromatic heterocycles. The summed E-state index contributed by atoms with van der Waals surface area (Å²) in [5.41, 5.74) is -0.159. The number of carbonyl (C=O) groups is 1. The predicted octanol–water partition coefficient (Wildman–Crippen LogP) is 3.83. The van der Waals surface area contributed by atoms with Gasteiger partial charge in [-0.25, -0.2) is 27.3 Å².